The average molecular weight is 208 g/mol. The molecule has 1 aliphatic carbocycles. The highest BCUT2D eigenvalue weighted by atomic mass is 16.3. The van der Waals surface area contributed by atoms with Gasteiger partial charge in [-0.1, -0.05) is 0 Å². The fourth-order valence-corrected chi connectivity index (χ4v) is 1.70. The minimum Gasteiger partial charge on any atom is -0.386 e. The normalized spacial score (nSPS) is 19.5. The van der Waals surface area contributed by atoms with Gasteiger partial charge in [0.2, 0.25) is 0 Å². The van der Waals surface area contributed by atoms with E-state index in [0.717, 1.165) is 30.5 Å². The Morgan fingerprint density at radius 2 is 2.20 bits per heavy atom. The summed E-state index contributed by atoms with van der Waals surface area (Å²) in [5, 5.41) is 16.7. The van der Waals surface area contributed by atoms with Gasteiger partial charge in [0.05, 0.1) is 11.0 Å². The molecule has 5 heteroatoms. The van der Waals surface area contributed by atoms with Crippen LogP contribution < -0.4 is 5.32 Å². The first-order chi connectivity index (χ1) is 7.19. The first-order valence-electron chi connectivity index (χ1n) is 5.08. The van der Waals surface area contributed by atoms with Crippen molar-refractivity contribution < 1.29 is 0 Å². The van der Waals surface area contributed by atoms with Crippen molar-refractivity contribution in [1.82, 2.24) is 5.32 Å². The Morgan fingerprint density at radius 1 is 1.47 bits per heavy atom. The van der Waals surface area contributed by atoms with Crippen LogP contribution in [0.3, 0.4) is 0 Å². The Kier molecular flexibility index (Phi) is 4.15. The van der Waals surface area contributed by atoms with Gasteiger partial charge in [-0.3, -0.25) is 0 Å². The van der Waals surface area contributed by atoms with Crippen molar-refractivity contribution in [2.24, 2.45) is 10.4 Å². The highest BCUT2D eigenvalue weighted by Gasteiger charge is 2.18. The van der Waals surface area contributed by atoms with Gasteiger partial charge in [0, 0.05) is 23.5 Å². The van der Waals surface area contributed by atoms with Crippen molar-refractivity contribution in [1.29, 1.82) is 5.41 Å². The third-order valence-corrected chi connectivity index (χ3v) is 2.25. The third-order valence-electron chi connectivity index (χ3n) is 2.25. The van der Waals surface area contributed by atoms with Crippen LogP contribution in [-0.2, 0) is 0 Å². The SMILES string of the molecule is CC(C)NC1=C(C=N)/C(=N/N=O)CCC1. The van der Waals surface area contributed by atoms with Gasteiger partial charge in [-0.15, -0.1) is 10.0 Å². The van der Waals surface area contributed by atoms with Crippen LogP contribution >= 0.6 is 0 Å². The van der Waals surface area contributed by atoms with Crippen LogP contribution in [0.4, 0.5) is 0 Å². The second-order valence-corrected chi connectivity index (χ2v) is 3.82. The number of nitrogens with zero attached hydrogens (tertiary/aromatic N) is 2. The smallest absolute Gasteiger partial charge is 0.0800 e. The fraction of sp³-hybridized carbons (Fsp3) is 0.600. The summed E-state index contributed by atoms with van der Waals surface area (Å²) in [5.74, 6) is 0. The molecular formula is C10H16N4O. The summed E-state index contributed by atoms with van der Waals surface area (Å²) in [6.07, 6.45) is 3.81. The van der Waals surface area contributed by atoms with Gasteiger partial charge in [0.25, 0.3) is 0 Å². The van der Waals surface area contributed by atoms with Crippen LogP contribution in [0.15, 0.2) is 21.7 Å². The molecule has 0 saturated carbocycles. The minimum absolute atomic E-state index is 0.318. The molecule has 0 bridgehead atoms. The number of nitrogens with one attached hydrogen (secondary N) is 2. The predicted octanol–water partition coefficient (Wildman–Crippen LogP) is 2.19. The molecule has 0 aromatic carbocycles. The molecule has 0 amide bonds. The minimum atomic E-state index is 0.318. The van der Waals surface area contributed by atoms with Crippen LogP contribution in [-0.4, -0.2) is 18.0 Å². The number of rotatable bonds is 4. The second kappa shape index (κ2) is 5.38. The predicted molar refractivity (Wildman–Crippen MR) is 61.2 cm³/mol. The zero-order valence-electron chi connectivity index (χ0n) is 9.08. The summed E-state index contributed by atoms with van der Waals surface area (Å²) in [5.41, 5.74) is 2.33. The molecule has 2 N–H and O–H groups in total. The van der Waals surface area contributed by atoms with Gasteiger partial charge < -0.3 is 10.7 Å². The molecule has 0 aliphatic heterocycles. The van der Waals surface area contributed by atoms with E-state index in [1.165, 1.54) is 6.21 Å². The molecule has 5 nitrogen and oxygen atoms in total. The summed E-state index contributed by atoms with van der Waals surface area (Å²) in [4.78, 5) is 10.1. The van der Waals surface area contributed by atoms with E-state index in [0.29, 0.717) is 11.8 Å². The van der Waals surface area contributed by atoms with Gasteiger partial charge >= 0.3 is 0 Å². The van der Waals surface area contributed by atoms with Gasteiger partial charge in [0.15, 0.2) is 0 Å². The summed E-state index contributed by atoms with van der Waals surface area (Å²) in [7, 11) is 0. The number of allylic oxidation sites excluding steroid dienone is 2. The molecule has 0 saturated heterocycles. The zero-order chi connectivity index (χ0) is 11.3. The lowest BCUT2D eigenvalue weighted by Crippen LogP contribution is -2.28. The van der Waals surface area contributed by atoms with E-state index in [1.807, 2.05) is 13.8 Å². The number of nitroso groups, excluding NO2 is 1. The first-order valence-corrected chi connectivity index (χ1v) is 5.08. The molecule has 15 heavy (non-hydrogen) atoms. The number of hydrogen-bond donors (Lipinski definition) is 2. The lowest BCUT2D eigenvalue weighted by Gasteiger charge is -2.22. The Hall–Kier alpha value is -1.52. The number of hydrogen-bond acceptors (Lipinski definition) is 4. The molecule has 0 spiro atoms. The lowest BCUT2D eigenvalue weighted by atomic mass is 9.94. The van der Waals surface area contributed by atoms with Crippen LogP contribution in [0, 0.1) is 10.3 Å². The lowest BCUT2D eigenvalue weighted by molar-refractivity contribution is 0.624. The molecule has 0 heterocycles. The molecule has 0 fully saturated rings. The molecule has 0 aromatic rings. The Labute approximate surface area is 89.1 Å². The van der Waals surface area contributed by atoms with Crippen molar-refractivity contribution in [3.63, 3.8) is 0 Å². The Balaban J connectivity index is 3.00. The molecule has 0 atom stereocenters. The van der Waals surface area contributed by atoms with Gasteiger partial charge in [-0.25, -0.2) is 0 Å². The standard InChI is InChI=1S/C10H16N4O/c1-7(2)12-9-4-3-5-10(13-14-15)8(9)6-11/h6-7,11-12H,3-5H2,1-2H3/b11-6?,13-10+. The van der Waals surface area contributed by atoms with E-state index in [1.54, 1.807) is 0 Å². The molecule has 0 aromatic heterocycles. The Morgan fingerprint density at radius 3 is 2.73 bits per heavy atom. The molecule has 0 unspecified atom stereocenters. The Bertz CT molecular complexity index is 317. The maximum Gasteiger partial charge on any atom is 0.0800 e. The fourth-order valence-electron chi connectivity index (χ4n) is 1.70. The van der Waals surface area contributed by atoms with Crippen molar-refractivity contribution in [3.8, 4) is 0 Å². The van der Waals surface area contributed by atoms with Crippen LogP contribution in [0.2, 0.25) is 0 Å². The van der Waals surface area contributed by atoms with Crippen molar-refractivity contribution >= 4 is 11.9 Å². The van der Waals surface area contributed by atoms with E-state index < -0.39 is 0 Å². The van der Waals surface area contributed by atoms with Crippen molar-refractivity contribution in [2.45, 2.75) is 39.2 Å². The van der Waals surface area contributed by atoms with Gasteiger partial charge in [0.1, 0.15) is 0 Å². The maximum absolute atomic E-state index is 10.1. The van der Waals surface area contributed by atoms with Crippen LogP contribution in [0.1, 0.15) is 33.1 Å². The molecule has 0 radical (unpaired) electrons. The molecule has 1 rings (SSSR count). The maximum atomic E-state index is 10.1. The van der Waals surface area contributed by atoms with Crippen molar-refractivity contribution in [3.05, 3.63) is 16.2 Å². The average Bonchev–Trinajstić information content (AvgIpc) is 2.18. The monoisotopic (exact) mass is 208 g/mol. The molecular weight excluding hydrogens is 192 g/mol. The van der Waals surface area contributed by atoms with E-state index >= 15 is 0 Å². The largest absolute Gasteiger partial charge is 0.386 e. The molecule has 1 aliphatic rings. The zero-order valence-corrected chi connectivity index (χ0v) is 9.08. The topological polar surface area (TPSA) is 77.7 Å². The van der Waals surface area contributed by atoms with E-state index in [2.05, 4.69) is 15.7 Å². The first kappa shape index (κ1) is 11.6. The third kappa shape index (κ3) is 2.97. The quantitative estimate of drug-likeness (QED) is 0.422. The van der Waals surface area contributed by atoms with Crippen molar-refractivity contribution in [2.75, 3.05) is 0 Å². The van der Waals surface area contributed by atoms with E-state index in [-0.39, 0.29) is 0 Å². The van der Waals surface area contributed by atoms with Crippen LogP contribution in [0.5, 0.6) is 0 Å². The van der Waals surface area contributed by atoms with E-state index in [9.17, 15) is 4.91 Å². The van der Waals surface area contributed by atoms with E-state index in [4.69, 9.17) is 5.41 Å². The summed E-state index contributed by atoms with van der Waals surface area (Å²) in [6.45, 7) is 4.08. The van der Waals surface area contributed by atoms with Gasteiger partial charge in [-0.2, -0.15) is 0 Å². The summed E-state index contributed by atoms with van der Waals surface area (Å²) < 4.78 is 0. The highest BCUT2D eigenvalue weighted by Crippen LogP contribution is 2.20. The summed E-state index contributed by atoms with van der Waals surface area (Å²) in [6, 6.07) is 0.318. The summed E-state index contributed by atoms with van der Waals surface area (Å²) >= 11 is 0. The second-order valence-electron chi connectivity index (χ2n) is 3.82. The van der Waals surface area contributed by atoms with Crippen LogP contribution in [0.25, 0.3) is 0 Å². The highest BCUT2D eigenvalue weighted by molar-refractivity contribution is 6.16. The molecule has 82 valence electrons. The van der Waals surface area contributed by atoms with Gasteiger partial charge in [-0.05, 0) is 33.1 Å².